The molecule has 3 atom stereocenters. The van der Waals surface area contributed by atoms with Gasteiger partial charge in [-0.2, -0.15) is 0 Å². The van der Waals surface area contributed by atoms with Gasteiger partial charge in [0.1, 0.15) is 0 Å². The summed E-state index contributed by atoms with van der Waals surface area (Å²) in [6.07, 6.45) is 2.59. The third kappa shape index (κ3) is 3.81. The van der Waals surface area contributed by atoms with E-state index in [9.17, 15) is 0 Å². The second-order valence-corrected chi connectivity index (χ2v) is 6.90. The Kier molecular flexibility index (Phi) is 5.87. The van der Waals surface area contributed by atoms with Crippen molar-refractivity contribution in [1.29, 1.82) is 0 Å². The standard InChI is InChI=1S/C15H21Br2NO/c1-3-7-18-15(12-6-8-19-10(12)2)13-9-11(16)4-5-14(13)17/h4-5,9-10,12,15,18H,3,6-8H2,1-2H3. The first-order valence-electron chi connectivity index (χ1n) is 6.93. The third-order valence-electron chi connectivity index (χ3n) is 3.77. The van der Waals surface area contributed by atoms with Gasteiger partial charge in [0.05, 0.1) is 6.10 Å². The Morgan fingerprint density at radius 2 is 2.21 bits per heavy atom. The van der Waals surface area contributed by atoms with Crippen molar-refractivity contribution in [2.24, 2.45) is 5.92 Å². The minimum Gasteiger partial charge on any atom is -0.378 e. The van der Waals surface area contributed by atoms with Crippen LogP contribution < -0.4 is 5.32 Å². The van der Waals surface area contributed by atoms with E-state index in [0.29, 0.717) is 18.1 Å². The first-order chi connectivity index (χ1) is 9.13. The maximum Gasteiger partial charge on any atom is 0.0594 e. The number of ether oxygens (including phenoxy) is 1. The monoisotopic (exact) mass is 389 g/mol. The Morgan fingerprint density at radius 1 is 1.42 bits per heavy atom. The fraction of sp³-hybridized carbons (Fsp3) is 0.600. The summed E-state index contributed by atoms with van der Waals surface area (Å²) in [5, 5.41) is 3.70. The Bertz CT molecular complexity index is 425. The molecule has 1 fully saturated rings. The molecular weight excluding hydrogens is 370 g/mol. The van der Waals surface area contributed by atoms with Crippen LogP contribution in [0.15, 0.2) is 27.1 Å². The van der Waals surface area contributed by atoms with Gasteiger partial charge in [-0.05, 0) is 50.1 Å². The van der Waals surface area contributed by atoms with E-state index in [1.807, 2.05) is 0 Å². The first kappa shape index (κ1) is 15.5. The summed E-state index contributed by atoms with van der Waals surface area (Å²) in [6.45, 7) is 6.30. The number of halogens is 2. The summed E-state index contributed by atoms with van der Waals surface area (Å²) in [7, 11) is 0. The van der Waals surface area contributed by atoms with Gasteiger partial charge in [-0.1, -0.05) is 38.8 Å². The largest absolute Gasteiger partial charge is 0.378 e. The van der Waals surface area contributed by atoms with Gasteiger partial charge in [0.15, 0.2) is 0 Å². The molecule has 1 N–H and O–H groups in total. The van der Waals surface area contributed by atoms with Gasteiger partial charge in [-0.3, -0.25) is 0 Å². The smallest absolute Gasteiger partial charge is 0.0594 e. The number of rotatable bonds is 5. The zero-order valence-electron chi connectivity index (χ0n) is 11.5. The minimum atomic E-state index is 0.320. The molecule has 0 saturated carbocycles. The van der Waals surface area contributed by atoms with E-state index in [1.54, 1.807) is 0 Å². The van der Waals surface area contributed by atoms with Crippen LogP contribution >= 0.6 is 31.9 Å². The molecule has 0 amide bonds. The number of nitrogens with one attached hydrogen (secondary N) is 1. The third-order valence-corrected chi connectivity index (χ3v) is 4.99. The van der Waals surface area contributed by atoms with Crippen LogP contribution in [0.1, 0.15) is 38.3 Å². The fourth-order valence-corrected chi connectivity index (χ4v) is 3.60. The maximum atomic E-state index is 5.75. The first-order valence-corrected chi connectivity index (χ1v) is 8.52. The van der Waals surface area contributed by atoms with Crippen LogP contribution in [0.5, 0.6) is 0 Å². The molecule has 1 aliphatic heterocycles. The quantitative estimate of drug-likeness (QED) is 0.788. The van der Waals surface area contributed by atoms with Crippen molar-refractivity contribution in [2.45, 2.75) is 38.8 Å². The molecule has 106 valence electrons. The average Bonchev–Trinajstić information content (AvgIpc) is 2.80. The summed E-state index contributed by atoms with van der Waals surface area (Å²) < 4.78 is 8.05. The summed E-state index contributed by atoms with van der Waals surface area (Å²) >= 11 is 7.26. The van der Waals surface area contributed by atoms with Crippen LogP contribution in [0.2, 0.25) is 0 Å². The van der Waals surface area contributed by atoms with Gasteiger partial charge in [-0.15, -0.1) is 0 Å². The Morgan fingerprint density at radius 3 is 2.84 bits per heavy atom. The van der Waals surface area contributed by atoms with Gasteiger partial charge in [-0.25, -0.2) is 0 Å². The molecule has 3 unspecified atom stereocenters. The minimum absolute atomic E-state index is 0.320. The highest BCUT2D eigenvalue weighted by molar-refractivity contribution is 9.11. The van der Waals surface area contributed by atoms with E-state index in [2.05, 4.69) is 69.2 Å². The molecule has 0 bridgehead atoms. The number of hydrogen-bond donors (Lipinski definition) is 1. The van der Waals surface area contributed by atoms with Gasteiger partial charge < -0.3 is 10.1 Å². The Balaban J connectivity index is 2.28. The van der Waals surface area contributed by atoms with Crippen molar-refractivity contribution in [3.63, 3.8) is 0 Å². The molecule has 0 radical (unpaired) electrons. The molecule has 1 heterocycles. The average molecular weight is 391 g/mol. The summed E-state index contributed by atoms with van der Waals surface area (Å²) in [5.74, 6) is 0.539. The molecule has 1 saturated heterocycles. The van der Waals surface area contributed by atoms with E-state index in [0.717, 1.165) is 30.5 Å². The normalized spacial score (nSPS) is 24.6. The molecule has 2 rings (SSSR count). The maximum absolute atomic E-state index is 5.75. The van der Waals surface area contributed by atoms with Gasteiger partial charge in [0, 0.05) is 27.5 Å². The molecule has 0 spiro atoms. The Hall–Kier alpha value is 0.1000. The van der Waals surface area contributed by atoms with Crippen LogP contribution in [0.25, 0.3) is 0 Å². The highest BCUT2D eigenvalue weighted by Gasteiger charge is 2.33. The van der Waals surface area contributed by atoms with Crippen LogP contribution in [-0.2, 0) is 4.74 Å². The second kappa shape index (κ2) is 7.21. The van der Waals surface area contributed by atoms with E-state index in [4.69, 9.17) is 4.74 Å². The van der Waals surface area contributed by atoms with Crippen molar-refractivity contribution in [3.05, 3.63) is 32.7 Å². The molecule has 1 aromatic carbocycles. The van der Waals surface area contributed by atoms with Crippen molar-refractivity contribution in [2.75, 3.05) is 13.2 Å². The lowest BCUT2D eigenvalue weighted by molar-refractivity contribution is 0.0953. The Labute approximate surface area is 132 Å². The fourth-order valence-electron chi connectivity index (χ4n) is 2.73. The van der Waals surface area contributed by atoms with Crippen molar-refractivity contribution in [3.8, 4) is 0 Å². The molecule has 1 aliphatic rings. The van der Waals surface area contributed by atoms with E-state index in [1.165, 1.54) is 10.0 Å². The van der Waals surface area contributed by atoms with Crippen LogP contribution in [0.4, 0.5) is 0 Å². The second-order valence-electron chi connectivity index (χ2n) is 5.13. The van der Waals surface area contributed by atoms with E-state index in [-0.39, 0.29) is 0 Å². The van der Waals surface area contributed by atoms with Crippen LogP contribution in [0, 0.1) is 5.92 Å². The molecule has 0 aromatic heterocycles. The topological polar surface area (TPSA) is 21.3 Å². The predicted octanol–water partition coefficient (Wildman–Crippen LogP) is 4.68. The highest BCUT2D eigenvalue weighted by Crippen LogP contribution is 2.37. The number of benzene rings is 1. The lowest BCUT2D eigenvalue weighted by Gasteiger charge is -2.28. The molecule has 2 nitrogen and oxygen atoms in total. The van der Waals surface area contributed by atoms with E-state index < -0.39 is 0 Å². The van der Waals surface area contributed by atoms with Crippen molar-refractivity contribution in [1.82, 2.24) is 5.32 Å². The molecule has 1 aromatic rings. The molecule has 4 heteroatoms. The van der Waals surface area contributed by atoms with Crippen LogP contribution in [0.3, 0.4) is 0 Å². The zero-order chi connectivity index (χ0) is 13.8. The van der Waals surface area contributed by atoms with Crippen LogP contribution in [-0.4, -0.2) is 19.3 Å². The number of hydrogen-bond acceptors (Lipinski definition) is 2. The molecular formula is C15H21Br2NO. The molecule has 0 aliphatic carbocycles. The summed E-state index contributed by atoms with van der Waals surface area (Å²) in [6, 6.07) is 6.74. The summed E-state index contributed by atoms with van der Waals surface area (Å²) in [5.41, 5.74) is 1.32. The van der Waals surface area contributed by atoms with Gasteiger partial charge in [0.25, 0.3) is 0 Å². The SMILES string of the molecule is CCCNC(c1cc(Br)ccc1Br)C1CCOC1C. The van der Waals surface area contributed by atoms with E-state index >= 15 is 0 Å². The van der Waals surface area contributed by atoms with Gasteiger partial charge >= 0.3 is 0 Å². The van der Waals surface area contributed by atoms with Crippen molar-refractivity contribution < 1.29 is 4.74 Å². The lowest BCUT2D eigenvalue weighted by atomic mass is 9.88. The predicted molar refractivity (Wildman–Crippen MR) is 86.4 cm³/mol. The highest BCUT2D eigenvalue weighted by atomic mass is 79.9. The summed E-state index contributed by atoms with van der Waals surface area (Å²) in [4.78, 5) is 0. The lowest BCUT2D eigenvalue weighted by Crippen LogP contribution is -2.32. The zero-order valence-corrected chi connectivity index (χ0v) is 14.6. The van der Waals surface area contributed by atoms with Crippen molar-refractivity contribution >= 4 is 31.9 Å². The molecule has 19 heavy (non-hydrogen) atoms. The van der Waals surface area contributed by atoms with Gasteiger partial charge in [0.2, 0.25) is 0 Å².